The van der Waals surface area contributed by atoms with E-state index >= 15 is 0 Å². The number of guanidine groups is 1. The molecule has 32 heavy (non-hydrogen) atoms. The Hall–Kier alpha value is -2.40. The molecule has 0 bridgehead atoms. The minimum absolute atomic E-state index is 0. The quantitative estimate of drug-likeness (QED) is 0.171. The monoisotopic (exact) mass is 563 g/mol. The molecule has 0 unspecified atom stereocenters. The van der Waals surface area contributed by atoms with Crippen molar-refractivity contribution in [2.45, 2.75) is 33.2 Å². The Balaban J connectivity index is 0.00000289. The maximum atomic E-state index is 4.75. The van der Waals surface area contributed by atoms with Crippen molar-refractivity contribution in [3.05, 3.63) is 69.6 Å². The first-order chi connectivity index (χ1) is 15.1. The van der Waals surface area contributed by atoms with E-state index in [1.807, 2.05) is 18.5 Å². The zero-order valence-corrected chi connectivity index (χ0v) is 21.8. The van der Waals surface area contributed by atoms with Gasteiger partial charge < -0.3 is 20.2 Å². The number of aryl methyl sites for hydroxylation is 2. The summed E-state index contributed by atoms with van der Waals surface area (Å²) in [5.74, 6) is 2.54. The number of fused-ring (bicyclic) bond motifs is 1. The number of H-pyrrole nitrogens is 1. The highest BCUT2D eigenvalue weighted by Gasteiger charge is 2.08. The van der Waals surface area contributed by atoms with E-state index in [1.54, 1.807) is 11.3 Å². The molecule has 4 rings (SSSR count). The van der Waals surface area contributed by atoms with Crippen LogP contribution in [0.15, 0.2) is 46.9 Å². The molecule has 170 valence electrons. The summed E-state index contributed by atoms with van der Waals surface area (Å²) in [5.41, 5.74) is 3.81. The molecule has 0 saturated heterocycles. The molecule has 0 radical (unpaired) electrons. The van der Waals surface area contributed by atoms with E-state index in [0.717, 1.165) is 43.5 Å². The molecule has 3 heterocycles. The third kappa shape index (κ3) is 5.89. The van der Waals surface area contributed by atoms with Crippen molar-refractivity contribution in [2.75, 3.05) is 13.1 Å². The lowest BCUT2D eigenvalue weighted by Crippen LogP contribution is -2.39. The molecule has 9 heteroatoms. The Bertz CT molecular complexity index is 1160. The second-order valence-corrected chi connectivity index (χ2v) is 8.66. The highest BCUT2D eigenvalue weighted by Crippen LogP contribution is 2.22. The van der Waals surface area contributed by atoms with Crippen LogP contribution in [0.1, 0.15) is 27.7 Å². The number of aromatic amines is 1. The lowest BCUT2D eigenvalue weighted by molar-refractivity contribution is 0.747. The molecule has 0 fully saturated rings. The van der Waals surface area contributed by atoms with Crippen molar-refractivity contribution in [2.24, 2.45) is 12.0 Å². The molecule has 0 amide bonds. The van der Waals surface area contributed by atoms with E-state index in [4.69, 9.17) is 4.99 Å². The first kappa shape index (κ1) is 24.2. The van der Waals surface area contributed by atoms with Gasteiger partial charge in [-0.05, 0) is 55.3 Å². The van der Waals surface area contributed by atoms with Crippen LogP contribution in [-0.2, 0) is 26.4 Å². The molecule has 0 spiro atoms. The molecule has 0 aliphatic heterocycles. The van der Waals surface area contributed by atoms with Crippen molar-refractivity contribution < 1.29 is 0 Å². The number of halogens is 1. The van der Waals surface area contributed by atoms with Crippen LogP contribution in [0.3, 0.4) is 0 Å². The third-order valence-electron chi connectivity index (χ3n) is 5.49. The molecule has 0 saturated carbocycles. The second kappa shape index (κ2) is 11.5. The van der Waals surface area contributed by atoms with Gasteiger partial charge >= 0.3 is 0 Å². The molecule has 3 aromatic heterocycles. The average Bonchev–Trinajstić information content (AvgIpc) is 3.49. The van der Waals surface area contributed by atoms with E-state index in [2.05, 4.69) is 74.6 Å². The predicted molar refractivity (Wildman–Crippen MR) is 143 cm³/mol. The number of hydrogen-bond donors (Lipinski definition) is 3. The Labute approximate surface area is 209 Å². The van der Waals surface area contributed by atoms with Crippen LogP contribution in [-0.4, -0.2) is 38.8 Å². The fourth-order valence-electron chi connectivity index (χ4n) is 3.64. The number of thiophene rings is 1. The fraction of sp³-hybridized carbons (Fsp3) is 0.348. The predicted octanol–water partition coefficient (Wildman–Crippen LogP) is 4.11. The summed E-state index contributed by atoms with van der Waals surface area (Å²) in [5, 5.41) is 18.7. The second-order valence-electron chi connectivity index (χ2n) is 7.63. The van der Waals surface area contributed by atoms with Crippen molar-refractivity contribution in [1.82, 2.24) is 30.4 Å². The van der Waals surface area contributed by atoms with Gasteiger partial charge in [0.15, 0.2) is 11.8 Å². The van der Waals surface area contributed by atoms with Crippen LogP contribution in [0.5, 0.6) is 0 Å². The summed E-state index contributed by atoms with van der Waals surface area (Å²) >= 11 is 1.78. The van der Waals surface area contributed by atoms with Crippen molar-refractivity contribution in [3.8, 4) is 0 Å². The normalized spacial score (nSPS) is 11.5. The number of nitrogens with one attached hydrogen (secondary N) is 3. The van der Waals surface area contributed by atoms with Crippen molar-refractivity contribution >= 4 is 52.2 Å². The maximum absolute atomic E-state index is 4.75. The van der Waals surface area contributed by atoms with Gasteiger partial charge in [-0.3, -0.25) is 0 Å². The molecule has 1 aromatic carbocycles. The first-order valence-electron chi connectivity index (χ1n) is 10.6. The van der Waals surface area contributed by atoms with E-state index < -0.39 is 0 Å². The van der Waals surface area contributed by atoms with Crippen LogP contribution in [0.2, 0.25) is 0 Å². The Kier molecular flexibility index (Phi) is 8.68. The zero-order valence-electron chi connectivity index (χ0n) is 18.7. The number of benzene rings is 1. The van der Waals surface area contributed by atoms with E-state index in [9.17, 15) is 0 Å². The maximum Gasteiger partial charge on any atom is 0.191 e. The first-order valence-corrected chi connectivity index (χ1v) is 11.4. The number of aromatic nitrogens is 4. The molecular formula is C23H30IN7S. The standard InChI is InChI=1S/C23H29N7S.HI/c1-16-6-4-8-20-22(16)18(14-26-20)9-11-24-23(25-12-10-19-7-5-13-31-19)27-15-21-29-28-17(2)30(21)3;/h4-8,13-14,26H,9-12,15H2,1-3H3,(H2,24,25,27);1H. The van der Waals surface area contributed by atoms with Crippen LogP contribution in [0.25, 0.3) is 10.9 Å². The van der Waals surface area contributed by atoms with E-state index in [-0.39, 0.29) is 24.0 Å². The number of rotatable bonds is 8. The summed E-state index contributed by atoms with van der Waals surface area (Å²) in [6.45, 7) is 6.22. The summed E-state index contributed by atoms with van der Waals surface area (Å²) in [4.78, 5) is 9.50. The zero-order chi connectivity index (χ0) is 21.6. The lowest BCUT2D eigenvalue weighted by atomic mass is 10.1. The van der Waals surface area contributed by atoms with Gasteiger partial charge in [-0.2, -0.15) is 0 Å². The van der Waals surface area contributed by atoms with E-state index in [1.165, 1.54) is 26.9 Å². The van der Waals surface area contributed by atoms with Gasteiger partial charge in [0.1, 0.15) is 12.4 Å². The minimum atomic E-state index is 0. The Morgan fingerprint density at radius 1 is 1.09 bits per heavy atom. The van der Waals surface area contributed by atoms with Gasteiger partial charge in [0, 0.05) is 42.1 Å². The van der Waals surface area contributed by atoms with Gasteiger partial charge in [0.05, 0.1) is 0 Å². The van der Waals surface area contributed by atoms with Crippen LogP contribution < -0.4 is 10.6 Å². The van der Waals surface area contributed by atoms with Gasteiger partial charge in [0.2, 0.25) is 0 Å². The summed E-state index contributed by atoms with van der Waals surface area (Å²) < 4.78 is 1.97. The average molecular weight is 564 g/mol. The van der Waals surface area contributed by atoms with Gasteiger partial charge in [-0.1, -0.05) is 18.2 Å². The highest BCUT2D eigenvalue weighted by atomic mass is 127. The molecule has 0 aliphatic carbocycles. The van der Waals surface area contributed by atoms with Crippen LogP contribution >= 0.6 is 35.3 Å². The largest absolute Gasteiger partial charge is 0.361 e. The molecule has 0 atom stereocenters. The van der Waals surface area contributed by atoms with Crippen molar-refractivity contribution in [1.29, 1.82) is 0 Å². The third-order valence-corrected chi connectivity index (χ3v) is 6.42. The molecule has 0 aliphatic rings. The fourth-order valence-corrected chi connectivity index (χ4v) is 4.34. The van der Waals surface area contributed by atoms with Gasteiger partial charge in [-0.25, -0.2) is 4.99 Å². The van der Waals surface area contributed by atoms with Gasteiger partial charge in [-0.15, -0.1) is 45.5 Å². The Morgan fingerprint density at radius 3 is 2.62 bits per heavy atom. The number of nitrogens with zero attached hydrogens (tertiary/aromatic N) is 4. The summed E-state index contributed by atoms with van der Waals surface area (Å²) in [6, 6.07) is 10.6. The molecule has 4 aromatic rings. The lowest BCUT2D eigenvalue weighted by Gasteiger charge is -2.12. The Morgan fingerprint density at radius 2 is 1.91 bits per heavy atom. The molecule has 7 nitrogen and oxygen atoms in total. The smallest absolute Gasteiger partial charge is 0.191 e. The molecule has 3 N–H and O–H groups in total. The highest BCUT2D eigenvalue weighted by molar-refractivity contribution is 14.0. The van der Waals surface area contributed by atoms with E-state index in [0.29, 0.717) is 6.54 Å². The summed E-state index contributed by atoms with van der Waals surface area (Å²) in [6.07, 6.45) is 4.01. The van der Waals surface area contributed by atoms with Gasteiger partial charge in [0.25, 0.3) is 0 Å². The van der Waals surface area contributed by atoms with Crippen LogP contribution in [0.4, 0.5) is 0 Å². The number of aliphatic imine (C=N–C) groups is 1. The SMILES string of the molecule is Cc1cccc2[nH]cc(CCNC(=NCc3nnc(C)n3C)NCCc3cccs3)c12.I. The van der Waals surface area contributed by atoms with Crippen molar-refractivity contribution in [3.63, 3.8) is 0 Å². The van der Waals surface area contributed by atoms with Crippen LogP contribution in [0, 0.1) is 13.8 Å². The minimum Gasteiger partial charge on any atom is -0.361 e. The molecular weight excluding hydrogens is 533 g/mol. The topological polar surface area (TPSA) is 82.9 Å². The summed E-state index contributed by atoms with van der Waals surface area (Å²) in [7, 11) is 1.97. The number of hydrogen-bond acceptors (Lipinski definition) is 4.